The van der Waals surface area contributed by atoms with Gasteiger partial charge in [0.2, 0.25) is 0 Å². The molecule has 1 N–H and O–H groups in total. The molecule has 4 rings (SSSR count). The molecule has 0 unspecified atom stereocenters. The van der Waals surface area contributed by atoms with Crippen LogP contribution in [0.2, 0.25) is 5.02 Å². The number of amides is 1. The first-order valence-electron chi connectivity index (χ1n) is 9.36. The number of nitrogens with zero attached hydrogens (tertiary/aromatic N) is 1. The first-order chi connectivity index (χ1) is 15.0. The average Bonchev–Trinajstić information content (AvgIpc) is 3.30. The van der Waals surface area contributed by atoms with Crippen molar-refractivity contribution in [2.45, 2.75) is 0 Å². The van der Waals surface area contributed by atoms with Crippen LogP contribution in [0.1, 0.15) is 20.7 Å². The predicted molar refractivity (Wildman–Crippen MR) is 124 cm³/mol. The number of esters is 1. The van der Waals surface area contributed by atoms with E-state index in [9.17, 15) is 9.59 Å². The zero-order valence-corrected chi connectivity index (χ0v) is 18.0. The second-order valence-corrected chi connectivity index (χ2v) is 7.91. The summed E-state index contributed by atoms with van der Waals surface area (Å²) in [6.07, 6.45) is 0. The third-order valence-corrected chi connectivity index (χ3v) is 5.75. The van der Waals surface area contributed by atoms with Gasteiger partial charge in [-0.25, -0.2) is 9.78 Å². The Labute approximate surface area is 188 Å². The maximum atomic E-state index is 12.7. The molecule has 0 saturated heterocycles. The number of anilines is 1. The smallest absolute Gasteiger partial charge is 0.338 e. The van der Waals surface area contributed by atoms with E-state index >= 15 is 0 Å². The SMILES string of the molecule is COC(=O)c1ccccc1C(=O)Nc1ccc(-c2csc(-c3ccc(Cl)cc3)n2)cc1. The number of thiazole rings is 1. The van der Waals surface area contributed by atoms with Gasteiger partial charge >= 0.3 is 5.97 Å². The van der Waals surface area contributed by atoms with Crippen molar-refractivity contribution in [2.24, 2.45) is 0 Å². The molecule has 1 aromatic heterocycles. The third kappa shape index (κ3) is 4.66. The summed E-state index contributed by atoms with van der Waals surface area (Å²) in [5.41, 5.74) is 3.88. The molecule has 0 fully saturated rings. The number of halogens is 1. The summed E-state index contributed by atoms with van der Waals surface area (Å²) in [4.78, 5) is 29.3. The molecule has 7 heteroatoms. The molecule has 0 saturated carbocycles. The zero-order valence-electron chi connectivity index (χ0n) is 16.5. The number of nitrogens with one attached hydrogen (secondary N) is 1. The van der Waals surface area contributed by atoms with Gasteiger partial charge in [0.05, 0.1) is 23.9 Å². The largest absolute Gasteiger partial charge is 0.465 e. The maximum Gasteiger partial charge on any atom is 0.338 e. The number of benzene rings is 3. The zero-order chi connectivity index (χ0) is 21.8. The topological polar surface area (TPSA) is 68.3 Å². The van der Waals surface area contributed by atoms with Crippen LogP contribution in [0, 0.1) is 0 Å². The molecule has 0 aliphatic rings. The molecule has 0 spiro atoms. The Bertz CT molecular complexity index is 1230. The summed E-state index contributed by atoms with van der Waals surface area (Å²) in [5.74, 6) is -0.937. The molecule has 0 bridgehead atoms. The second-order valence-electron chi connectivity index (χ2n) is 6.61. The van der Waals surface area contributed by atoms with Crippen LogP contribution in [0.25, 0.3) is 21.8 Å². The van der Waals surface area contributed by atoms with Gasteiger partial charge in [-0.05, 0) is 36.4 Å². The highest BCUT2D eigenvalue weighted by Crippen LogP contribution is 2.30. The molecule has 1 amide bonds. The molecule has 0 aliphatic carbocycles. The minimum Gasteiger partial charge on any atom is -0.465 e. The van der Waals surface area contributed by atoms with E-state index in [1.807, 2.05) is 41.8 Å². The van der Waals surface area contributed by atoms with Crippen molar-refractivity contribution >= 4 is 40.5 Å². The fourth-order valence-electron chi connectivity index (χ4n) is 3.02. The number of hydrogen-bond acceptors (Lipinski definition) is 5. The Morgan fingerprint density at radius 3 is 2.23 bits per heavy atom. The van der Waals surface area contributed by atoms with Crippen LogP contribution in [0.15, 0.2) is 78.2 Å². The lowest BCUT2D eigenvalue weighted by atomic mass is 10.1. The van der Waals surface area contributed by atoms with Crippen LogP contribution < -0.4 is 5.32 Å². The quantitative estimate of drug-likeness (QED) is 0.371. The van der Waals surface area contributed by atoms with E-state index in [0.717, 1.165) is 21.8 Å². The molecule has 0 radical (unpaired) electrons. The Kier molecular flexibility index (Phi) is 6.11. The van der Waals surface area contributed by atoms with Crippen LogP contribution >= 0.6 is 22.9 Å². The van der Waals surface area contributed by atoms with Crippen molar-refractivity contribution < 1.29 is 14.3 Å². The minimum atomic E-state index is -0.555. The fourth-order valence-corrected chi connectivity index (χ4v) is 3.98. The van der Waals surface area contributed by atoms with Gasteiger partial charge in [0.15, 0.2) is 0 Å². The highest BCUT2D eigenvalue weighted by molar-refractivity contribution is 7.13. The highest BCUT2D eigenvalue weighted by Gasteiger charge is 2.17. The maximum absolute atomic E-state index is 12.7. The molecule has 154 valence electrons. The summed E-state index contributed by atoms with van der Waals surface area (Å²) in [6, 6.07) is 21.5. The summed E-state index contributed by atoms with van der Waals surface area (Å²) in [5, 5.41) is 6.40. The summed E-state index contributed by atoms with van der Waals surface area (Å²) in [6.45, 7) is 0. The first-order valence-corrected chi connectivity index (χ1v) is 10.6. The summed E-state index contributed by atoms with van der Waals surface area (Å²) < 4.78 is 4.75. The Morgan fingerprint density at radius 1 is 0.903 bits per heavy atom. The number of rotatable bonds is 5. The van der Waals surface area contributed by atoms with Gasteiger partial charge in [-0.3, -0.25) is 4.79 Å². The van der Waals surface area contributed by atoms with Gasteiger partial charge in [-0.1, -0.05) is 48.0 Å². The van der Waals surface area contributed by atoms with E-state index in [1.54, 1.807) is 47.7 Å². The number of carbonyl (C=O) groups is 2. The molecule has 5 nitrogen and oxygen atoms in total. The van der Waals surface area contributed by atoms with Gasteiger partial charge < -0.3 is 10.1 Å². The predicted octanol–water partition coefficient (Wildman–Crippen LogP) is 6.17. The van der Waals surface area contributed by atoms with Crippen molar-refractivity contribution in [2.75, 3.05) is 12.4 Å². The van der Waals surface area contributed by atoms with E-state index < -0.39 is 5.97 Å². The van der Waals surface area contributed by atoms with Gasteiger partial charge in [-0.15, -0.1) is 11.3 Å². The van der Waals surface area contributed by atoms with Crippen LogP contribution in [-0.4, -0.2) is 24.0 Å². The second kappa shape index (κ2) is 9.12. The van der Waals surface area contributed by atoms with E-state index in [4.69, 9.17) is 21.3 Å². The average molecular weight is 449 g/mol. The molecule has 1 heterocycles. The monoisotopic (exact) mass is 448 g/mol. The van der Waals surface area contributed by atoms with E-state index in [0.29, 0.717) is 10.7 Å². The molecule has 0 aliphatic heterocycles. The molecular weight excluding hydrogens is 432 g/mol. The number of carbonyl (C=O) groups excluding carboxylic acids is 2. The normalized spacial score (nSPS) is 10.5. The van der Waals surface area contributed by atoms with Gasteiger partial charge in [0.1, 0.15) is 5.01 Å². The summed E-state index contributed by atoms with van der Waals surface area (Å²) in [7, 11) is 1.28. The van der Waals surface area contributed by atoms with E-state index in [-0.39, 0.29) is 17.0 Å². The Balaban J connectivity index is 1.50. The Hall–Kier alpha value is -3.48. The molecule has 31 heavy (non-hydrogen) atoms. The number of hydrogen-bond donors (Lipinski definition) is 1. The van der Waals surface area contributed by atoms with Crippen LogP contribution in [0.3, 0.4) is 0 Å². The first kappa shape index (κ1) is 20.8. The lowest BCUT2D eigenvalue weighted by molar-refractivity contribution is 0.0597. The molecule has 4 aromatic rings. The molecular formula is C24H17ClN2O3S. The Morgan fingerprint density at radius 2 is 1.55 bits per heavy atom. The highest BCUT2D eigenvalue weighted by atomic mass is 35.5. The lowest BCUT2D eigenvalue weighted by Gasteiger charge is -2.09. The number of methoxy groups -OCH3 is 1. The van der Waals surface area contributed by atoms with Crippen molar-refractivity contribution in [3.05, 3.63) is 94.3 Å². The van der Waals surface area contributed by atoms with Gasteiger partial charge in [-0.2, -0.15) is 0 Å². The van der Waals surface area contributed by atoms with E-state index in [2.05, 4.69) is 5.32 Å². The number of ether oxygens (including phenoxy) is 1. The van der Waals surface area contributed by atoms with Gasteiger partial charge in [0, 0.05) is 27.2 Å². The van der Waals surface area contributed by atoms with Crippen LogP contribution in [0.4, 0.5) is 5.69 Å². The van der Waals surface area contributed by atoms with Crippen molar-refractivity contribution in [3.8, 4) is 21.8 Å². The van der Waals surface area contributed by atoms with Crippen molar-refractivity contribution in [3.63, 3.8) is 0 Å². The number of aromatic nitrogens is 1. The van der Waals surface area contributed by atoms with Crippen LogP contribution in [0.5, 0.6) is 0 Å². The molecule has 3 aromatic carbocycles. The minimum absolute atomic E-state index is 0.219. The van der Waals surface area contributed by atoms with Crippen LogP contribution in [-0.2, 0) is 4.74 Å². The third-order valence-electron chi connectivity index (χ3n) is 4.61. The summed E-state index contributed by atoms with van der Waals surface area (Å²) >= 11 is 7.51. The van der Waals surface area contributed by atoms with Gasteiger partial charge in [0.25, 0.3) is 5.91 Å². The standard InChI is InChI=1S/C24H17ClN2O3S/c1-30-24(29)20-5-3-2-4-19(20)22(28)26-18-12-8-15(9-13-18)21-14-31-23(27-21)16-6-10-17(25)11-7-16/h2-14H,1H3,(H,26,28). The lowest BCUT2D eigenvalue weighted by Crippen LogP contribution is -2.17. The van der Waals surface area contributed by atoms with Crippen molar-refractivity contribution in [1.82, 2.24) is 4.98 Å². The fraction of sp³-hybridized carbons (Fsp3) is 0.0417. The van der Waals surface area contributed by atoms with Crippen molar-refractivity contribution in [1.29, 1.82) is 0 Å². The molecule has 0 atom stereocenters. The van der Waals surface area contributed by atoms with E-state index in [1.165, 1.54) is 7.11 Å².